The number of pyridine rings is 1. The molecule has 3 nitrogen and oxygen atoms in total. The van der Waals surface area contributed by atoms with E-state index in [4.69, 9.17) is 28.9 Å². The van der Waals surface area contributed by atoms with Crippen molar-refractivity contribution in [3.8, 4) is 11.3 Å². The van der Waals surface area contributed by atoms with Gasteiger partial charge in [0.1, 0.15) is 17.6 Å². The van der Waals surface area contributed by atoms with Gasteiger partial charge in [0.2, 0.25) is 5.91 Å². The summed E-state index contributed by atoms with van der Waals surface area (Å²) in [5, 5.41) is 0.0177. The zero-order valence-electron chi connectivity index (χ0n) is 13.2. The van der Waals surface area contributed by atoms with E-state index in [1.165, 1.54) is 36.4 Å². The monoisotopic (exact) mass is 392 g/mol. The van der Waals surface area contributed by atoms with Crippen LogP contribution in [-0.2, 0) is 4.79 Å². The normalized spacial score (nSPS) is 12.0. The molecule has 0 radical (unpaired) electrons. The van der Waals surface area contributed by atoms with Crippen molar-refractivity contribution in [1.82, 2.24) is 4.98 Å². The van der Waals surface area contributed by atoms with Gasteiger partial charge in [-0.1, -0.05) is 35.3 Å². The molecular formula is C19H12Cl2F2N2O. The van der Waals surface area contributed by atoms with Gasteiger partial charge in [-0.05, 0) is 42.5 Å². The van der Waals surface area contributed by atoms with Crippen LogP contribution in [0.5, 0.6) is 0 Å². The summed E-state index contributed by atoms with van der Waals surface area (Å²) >= 11 is 11.9. The first-order valence-corrected chi connectivity index (χ1v) is 8.29. The van der Waals surface area contributed by atoms with E-state index in [2.05, 4.69) is 4.98 Å². The molecule has 0 saturated heterocycles. The molecule has 1 unspecified atom stereocenters. The molecule has 132 valence electrons. The van der Waals surface area contributed by atoms with Gasteiger partial charge in [0.15, 0.2) is 0 Å². The van der Waals surface area contributed by atoms with E-state index < -0.39 is 23.5 Å². The largest absolute Gasteiger partial charge is 0.369 e. The van der Waals surface area contributed by atoms with Crippen molar-refractivity contribution in [3.05, 3.63) is 87.5 Å². The Labute approximate surface area is 158 Å². The van der Waals surface area contributed by atoms with Crippen molar-refractivity contribution in [2.75, 3.05) is 0 Å². The summed E-state index contributed by atoms with van der Waals surface area (Å²) in [7, 11) is 0. The molecule has 2 aromatic carbocycles. The second kappa shape index (κ2) is 7.40. The highest BCUT2D eigenvalue weighted by Crippen LogP contribution is 2.33. The molecule has 3 aromatic rings. The molecule has 26 heavy (non-hydrogen) atoms. The van der Waals surface area contributed by atoms with Gasteiger partial charge in [-0.25, -0.2) is 8.78 Å². The van der Waals surface area contributed by atoms with Crippen molar-refractivity contribution in [1.29, 1.82) is 0 Å². The lowest BCUT2D eigenvalue weighted by atomic mass is 9.93. The molecule has 3 rings (SSSR count). The fraction of sp³-hybridized carbons (Fsp3) is 0.0526. The van der Waals surface area contributed by atoms with Gasteiger partial charge >= 0.3 is 0 Å². The zero-order valence-corrected chi connectivity index (χ0v) is 14.7. The number of aromatic nitrogens is 1. The second-order valence-corrected chi connectivity index (χ2v) is 6.36. The SMILES string of the molecule is NC(=O)C(c1cccc(-c2ccc(F)c(Cl)c2)n1)c1c(F)cccc1Cl. The molecule has 1 aromatic heterocycles. The summed E-state index contributed by atoms with van der Waals surface area (Å²) in [5.74, 6) is -3.17. The first-order chi connectivity index (χ1) is 12.4. The molecule has 0 aliphatic heterocycles. The van der Waals surface area contributed by atoms with Gasteiger partial charge in [-0.3, -0.25) is 9.78 Å². The topological polar surface area (TPSA) is 56.0 Å². The smallest absolute Gasteiger partial charge is 0.231 e. The highest BCUT2D eigenvalue weighted by atomic mass is 35.5. The lowest BCUT2D eigenvalue weighted by Crippen LogP contribution is -2.24. The summed E-state index contributed by atoms with van der Waals surface area (Å²) in [4.78, 5) is 16.4. The molecule has 2 N–H and O–H groups in total. The average molecular weight is 393 g/mol. The fourth-order valence-electron chi connectivity index (χ4n) is 2.65. The Morgan fingerprint density at radius 3 is 2.35 bits per heavy atom. The van der Waals surface area contributed by atoms with Crippen LogP contribution in [0.1, 0.15) is 17.2 Å². The van der Waals surface area contributed by atoms with Crippen LogP contribution >= 0.6 is 23.2 Å². The van der Waals surface area contributed by atoms with E-state index in [0.29, 0.717) is 11.3 Å². The molecule has 0 spiro atoms. The molecule has 0 bridgehead atoms. The van der Waals surface area contributed by atoms with Gasteiger partial charge < -0.3 is 5.73 Å². The van der Waals surface area contributed by atoms with Gasteiger partial charge in [0.05, 0.1) is 16.4 Å². The maximum absolute atomic E-state index is 14.3. The third-order valence-electron chi connectivity index (χ3n) is 3.85. The number of primary amides is 1. The molecule has 0 saturated carbocycles. The van der Waals surface area contributed by atoms with Crippen LogP contribution in [0.25, 0.3) is 11.3 Å². The first-order valence-electron chi connectivity index (χ1n) is 7.54. The van der Waals surface area contributed by atoms with Crippen LogP contribution in [-0.4, -0.2) is 10.9 Å². The number of halogens is 4. The summed E-state index contributed by atoms with van der Waals surface area (Å²) in [6.45, 7) is 0. The fourth-order valence-corrected chi connectivity index (χ4v) is 3.10. The van der Waals surface area contributed by atoms with Crippen LogP contribution in [0.4, 0.5) is 8.78 Å². The van der Waals surface area contributed by atoms with Gasteiger partial charge in [-0.15, -0.1) is 0 Å². The van der Waals surface area contributed by atoms with Crippen molar-refractivity contribution >= 4 is 29.1 Å². The molecule has 0 fully saturated rings. The van der Waals surface area contributed by atoms with Crippen LogP contribution < -0.4 is 5.73 Å². The van der Waals surface area contributed by atoms with E-state index in [0.717, 1.165) is 0 Å². The van der Waals surface area contributed by atoms with Gasteiger partial charge in [-0.2, -0.15) is 0 Å². The lowest BCUT2D eigenvalue weighted by molar-refractivity contribution is -0.118. The van der Waals surface area contributed by atoms with Gasteiger partial charge in [0.25, 0.3) is 0 Å². The molecule has 1 atom stereocenters. The summed E-state index contributed by atoms with van der Waals surface area (Å²) in [6.07, 6.45) is 0. The number of nitrogens with two attached hydrogens (primary N) is 1. The minimum atomic E-state index is -1.17. The van der Waals surface area contributed by atoms with Crippen molar-refractivity contribution in [2.24, 2.45) is 5.73 Å². The number of benzene rings is 2. The van der Waals surface area contributed by atoms with Crippen LogP contribution in [0.2, 0.25) is 10.0 Å². The average Bonchev–Trinajstić information content (AvgIpc) is 2.60. The minimum absolute atomic E-state index is 0.0385. The van der Waals surface area contributed by atoms with Crippen LogP contribution in [0.3, 0.4) is 0 Å². The number of carbonyl (C=O) groups is 1. The Balaban J connectivity index is 2.12. The number of amides is 1. The third-order valence-corrected chi connectivity index (χ3v) is 4.47. The summed E-state index contributed by atoms with van der Waals surface area (Å²) < 4.78 is 27.7. The maximum atomic E-state index is 14.3. The number of carbonyl (C=O) groups excluding carboxylic acids is 1. The maximum Gasteiger partial charge on any atom is 0.231 e. The highest BCUT2D eigenvalue weighted by Gasteiger charge is 2.27. The minimum Gasteiger partial charge on any atom is -0.369 e. The first kappa shape index (κ1) is 18.3. The highest BCUT2D eigenvalue weighted by molar-refractivity contribution is 6.31. The number of hydrogen-bond acceptors (Lipinski definition) is 2. The van der Waals surface area contributed by atoms with Crippen LogP contribution in [0.15, 0.2) is 54.6 Å². The Morgan fingerprint density at radius 2 is 1.69 bits per heavy atom. The van der Waals surface area contributed by atoms with E-state index in [9.17, 15) is 13.6 Å². The van der Waals surface area contributed by atoms with E-state index in [-0.39, 0.29) is 21.3 Å². The predicted molar refractivity (Wildman–Crippen MR) is 97.1 cm³/mol. The Hall–Kier alpha value is -2.50. The second-order valence-electron chi connectivity index (χ2n) is 5.55. The Kier molecular flexibility index (Phi) is 5.20. The lowest BCUT2D eigenvalue weighted by Gasteiger charge is -2.16. The molecule has 1 amide bonds. The Morgan fingerprint density at radius 1 is 0.962 bits per heavy atom. The summed E-state index contributed by atoms with van der Waals surface area (Å²) in [5.41, 5.74) is 6.66. The zero-order chi connectivity index (χ0) is 18.8. The molecule has 0 aliphatic rings. The standard InChI is InChI=1S/C19H12Cl2F2N2O/c20-11-3-1-4-14(23)17(11)18(19(24)26)16-6-2-5-15(25-16)10-7-8-13(22)12(21)9-10/h1-9,18H,(H2,24,26). The quantitative estimate of drug-likeness (QED) is 0.682. The number of rotatable bonds is 4. The summed E-state index contributed by atoms with van der Waals surface area (Å²) in [6, 6.07) is 13.1. The number of hydrogen-bond donors (Lipinski definition) is 1. The van der Waals surface area contributed by atoms with Crippen molar-refractivity contribution in [3.63, 3.8) is 0 Å². The van der Waals surface area contributed by atoms with Crippen molar-refractivity contribution in [2.45, 2.75) is 5.92 Å². The van der Waals surface area contributed by atoms with Crippen LogP contribution in [0, 0.1) is 11.6 Å². The molecular weight excluding hydrogens is 381 g/mol. The molecule has 7 heteroatoms. The van der Waals surface area contributed by atoms with E-state index in [1.807, 2.05) is 0 Å². The third kappa shape index (κ3) is 3.54. The van der Waals surface area contributed by atoms with Gasteiger partial charge in [0, 0.05) is 16.1 Å². The Bertz CT molecular complexity index is 975. The predicted octanol–water partition coefficient (Wildman–Crippen LogP) is 4.95. The molecule has 1 heterocycles. The van der Waals surface area contributed by atoms with Crippen molar-refractivity contribution < 1.29 is 13.6 Å². The molecule has 0 aliphatic carbocycles. The van der Waals surface area contributed by atoms with E-state index >= 15 is 0 Å². The van der Waals surface area contributed by atoms with E-state index in [1.54, 1.807) is 18.2 Å². The number of nitrogens with zero attached hydrogens (tertiary/aromatic N) is 1.